The van der Waals surface area contributed by atoms with Gasteiger partial charge in [0.2, 0.25) is 0 Å². The number of anilines is 1. The van der Waals surface area contributed by atoms with Crippen molar-refractivity contribution in [2.75, 3.05) is 32.0 Å². The fourth-order valence-electron chi connectivity index (χ4n) is 6.87. The highest BCUT2D eigenvalue weighted by atomic mass is 16.5. The van der Waals surface area contributed by atoms with Gasteiger partial charge in [0.1, 0.15) is 5.82 Å². The molecule has 2 aromatic rings. The van der Waals surface area contributed by atoms with Crippen LogP contribution in [0.15, 0.2) is 36.5 Å². The second kappa shape index (κ2) is 9.43. The van der Waals surface area contributed by atoms with Crippen LogP contribution in [0.5, 0.6) is 0 Å². The third-order valence-corrected chi connectivity index (χ3v) is 9.39. The minimum atomic E-state index is -0.527. The molecule has 3 heterocycles. The number of nitrogen functional groups attached to an aromatic ring is 1. The van der Waals surface area contributed by atoms with Gasteiger partial charge in [0.15, 0.2) is 0 Å². The molecular weight excluding hydrogens is 452 g/mol. The van der Waals surface area contributed by atoms with Gasteiger partial charge in [0.25, 0.3) is 5.91 Å². The van der Waals surface area contributed by atoms with E-state index in [1.807, 2.05) is 6.07 Å². The topological polar surface area (TPSA) is 101 Å². The number of hydrogen-bond acceptors (Lipinski definition) is 6. The molecule has 0 unspecified atom stereocenters. The number of nitrogens with two attached hydrogens (primary N) is 1. The maximum absolute atomic E-state index is 13.3. The first-order chi connectivity index (χ1) is 17.4. The summed E-state index contributed by atoms with van der Waals surface area (Å²) in [6.45, 7) is 4.07. The monoisotopic (exact) mass is 490 g/mol. The number of amides is 1. The Balaban J connectivity index is 1.14. The van der Waals surface area contributed by atoms with Gasteiger partial charge in [-0.05, 0) is 87.4 Å². The van der Waals surface area contributed by atoms with Crippen molar-refractivity contribution in [1.82, 2.24) is 15.2 Å². The van der Waals surface area contributed by atoms with Gasteiger partial charge in [-0.25, -0.2) is 4.98 Å². The first-order valence-corrected chi connectivity index (χ1v) is 13.6. The number of hydrogen-bond donors (Lipinski definition) is 3. The van der Waals surface area contributed by atoms with E-state index in [0.717, 1.165) is 88.8 Å². The summed E-state index contributed by atoms with van der Waals surface area (Å²) in [5.41, 5.74) is 9.14. The van der Waals surface area contributed by atoms with Crippen molar-refractivity contribution >= 4 is 11.7 Å². The Morgan fingerprint density at radius 1 is 1.03 bits per heavy atom. The zero-order chi connectivity index (χ0) is 24.8. The predicted octanol–water partition coefficient (Wildman–Crippen LogP) is 3.87. The number of pyridine rings is 1. The zero-order valence-corrected chi connectivity index (χ0v) is 21.0. The van der Waals surface area contributed by atoms with E-state index < -0.39 is 5.60 Å². The highest BCUT2D eigenvalue weighted by Gasteiger charge is 2.48. The van der Waals surface area contributed by atoms with E-state index in [9.17, 15) is 9.90 Å². The third-order valence-electron chi connectivity index (χ3n) is 9.39. The van der Waals surface area contributed by atoms with Crippen molar-refractivity contribution < 1.29 is 14.6 Å². The number of rotatable bonds is 5. The molecule has 7 heteroatoms. The smallest absolute Gasteiger partial charge is 0.255 e. The number of aliphatic hydroxyl groups is 1. The number of aromatic nitrogens is 1. The Bertz CT molecular complexity index is 1090. The number of nitrogens with one attached hydrogen (secondary N) is 1. The van der Waals surface area contributed by atoms with Crippen molar-refractivity contribution in [3.63, 3.8) is 0 Å². The molecule has 1 aromatic heterocycles. The van der Waals surface area contributed by atoms with Crippen LogP contribution in [-0.2, 0) is 4.74 Å². The van der Waals surface area contributed by atoms with E-state index in [4.69, 9.17) is 10.5 Å². The lowest BCUT2D eigenvalue weighted by Crippen LogP contribution is -2.58. The van der Waals surface area contributed by atoms with Crippen molar-refractivity contribution in [3.05, 3.63) is 47.7 Å². The fraction of sp³-hybridized carbons (Fsp3) is 0.586. The molecule has 0 spiro atoms. The molecule has 36 heavy (non-hydrogen) atoms. The highest BCUT2D eigenvalue weighted by molar-refractivity contribution is 5.99. The van der Waals surface area contributed by atoms with E-state index >= 15 is 0 Å². The van der Waals surface area contributed by atoms with Crippen molar-refractivity contribution in [2.45, 2.75) is 80.9 Å². The fourth-order valence-corrected chi connectivity index (χ4v) is 6.87. The second-order valence-corrected chi connectivity index (χ2v) is 11.6. The number of carbonyl (C=O) groups is 1. The number of fused-ring (bicyclic) bond motifs is 3. The van der Waals surface area contributed by atoms with E-state index in [0.29, 0.717) is 17.5 Å². The first kappa shape index (κ1) is 23.9. The van der Waals surface area contributed by atoms with E-state index in [-0.39, 0.29) is 17.3 Å². The molecule has 2 bridgehead atoms. The Kier molecular flexibility index (Phi) is 6.26. The van der Waals surface area contributed by atoms with E-state index in [2.05, 4.69) is 39.5 Å². The molecule has 2 aliphatic heterocycles. The molecule has 3 aliphatic carbocycles. The summed E-state index contributed by atoms with van der Waals surface area (Å²) in [6.07, 6.45) is 9.95. The summed E-state index contributed by atoms with van der Waals surface area (Å²) in [5, 5.41) is 13.8. The summed E-state index contributed by atoms with van der Waals surface area (Å²) >= 11 is 0. The van der Waals surface area contributed by atoms with Gasteiger partial charge in [-0.2, -0.15) is 0 Å². The predicted molar refractivity (Wildman–Crippen MR) is 140 cm³/mol. The molecule has 192 valence electrons. The zero-order valence-electron chi connectivity index (χ0n) is 21.0. The number of carbonyl (C=O) groups excluding carboxylic acids is 1. The van der Waals surface area contributed by atoms with Crippen molar-refractivity contribution in [1.29, 1.82) is 0 Å². The standard InChI is InChI=1S/C29H38N4O3/c30-26-25(27(34)32-28-8-11-29(35,12-9-28)13-10-28)17-23(18-31-26)21-3-1-20(2-4-21)22-5-14-33(19-22)24-6-15-36-16-7-24/h1-4,17-18,22,24,35H,5-16,19H2,(H2,30,31)(H,32,34)/t22-,28?,29?/m0/s1. The SMILES string of the molecule is Nc1ncc(-c2ccc([C@H]3CCN(C4CCOCC4)C3)cc2)cc1C(=O)NC12CCC(O)(CC1)CC2. The average molecular weight is 491 g/mol. The van der Waals surface area contributed by atoms with E-state index in [1.165, 1.54) is 12.0 Å². The number of benzene rings is 1. The Morgan fingerprint density at radius 2 is 1.72 bits per heavy atom. The van der Waals surface area contributed by atoms with Crippen LogP contribution in [0.25, 0.3) is 11.1 Å². The van der Waals surface area contributed by atoms with Gasteiger partial charge in [0, 0.05) is 43.1 Å². The number of nitrogens with zero attached hydrogens (tertiary/aromatic N) is 2. The lowest BCUT2D eigenvalue weighted by molar-refractivity contribution is -0.0702. The van der Waals surface area contributed by atoms with Crippen LogP contribution in [0.2, 0.25) is 0 Å². The maximum Gasteiger partial charge on any atom is 0.255 e. The van der Waals surface area contributed by atoms with Gasteiger partial charge in [-0.3, -0.25) is 9.69 Å². The van der Waals surface area contributed by atoms with Gasteiger partial charge >= 0.3 is 0 Å². The van der Waals surface area contributed by atoms with Crippen LogP contribution in [0.4, 0.5) is 5.82 Å². The Labute approximate surface area is 213 Å². The normalized spacial score (nSPS) is 31.0. The van der Waals surface area contributed by atoms with Crippen LogP contribution in [0, 0.1) is 0 Å². The summed E-state index contributed by atoms with van der Waals surface area (Å²) in [7, 11) is 0. The lowest BCUT2D eigenvalue weighted by Gasteiger charge is -2.51. The first-order valence-electron chi connectivity index (χ1n) is 13.6. The van der Waals surface area contributed by atoms with Gasteiger partial charge in [-0.15, -0.1) is 0 Å². The van der Waals surface area contributed by atoms with Crippen LogP contribution < -0.4 is 11.1 Å². The molecule has 0 radical (unpaired) electrons. The Morgan fingerprint density at radius 3 is 2.42 bits per heavy atom. The summed E-state index contributed by atoms with van der Waals surface area (Å²) in [4.78, 5) is 20.3. The molecule has 4 N–H and O–H groups in total. The molecule has 3 saturated carbocycles. The van der Waals surface area contributed by atoms with E-state index in [1.54, 1.807) is 6.20 Å². The van der Waals surface area contributed by atoms with Crippen molar-refractivity contribution in [3.8, 4) is 11.1 Å². The van der Waals surface area contributed by atoms with Gasteiger partial charge < -0.3 is 20.9 Å². The molecule has 5 aliphatic rings. The molecular formula is C29H38N4O3. The van der Waals surface area contributed by atoms with Gasteiger partial charge in [-0.1, -0.05) is 24.3 Å². The second-order valence-electron chi connectivity index (χ2n) is 11.6. The Hall–Kier alpha value is -2.48. The highest BCUT2D eigenvalue weighted by Crippen LogP contribution is 2.47. The maximum atomic E-state index is 13.3. The van der Waals surface area contributed by atoms with Crippen LogP contribution in [0.1, 0.15) is 79.6 Å². The number of likely N-dealkylation sites (tertiary alicyclic amines) is 1. The van der Waals surface area contributed by atoms with Crippen LogP contribution in [-0.4, -0.2) is 64.4 Å². The summed E-state index contributed by atoms with van der Waals surface area (Å²) in [5.74, 6) is 0.659. The molecule has 1 atom stereocenters. The van der Waals surface area contributed by atoms with Gasteiger partial charge in [0.05, 0.1) is 11.2 Å². The molecule has 7 nitrogen and oxygen atoms in total. The molecule has 1 amide bonds. The summed E-state index contributed by atoms with van der Waals surface area (Å²) < 4.78 is 5.54. The van der Waals surface area contributed by atoms with Crippen molar-refractivity contribution in [2.24, 2.45) is 0 Å². The minimum Gasteiger partial charge on any atom is -0.390 e. The molecule has 7 rings (SSSR count). The largest absolute Gasteiger partial charge is 0.390 e. The number of ether oxygens (including phenoxy) is 1. The average Bonchev–Trinajstić information content (AvgIpc) is 3.41. The quantitative estimate of drug-likeness (QED) is 0.588. The molecule has 2 saturated heterocycles. The summed E-state index contributed by atoms with van der Waals surface area (Å²) in [6, 6.07) is 11.3. The third kappa shape index (κ3) is 4.64. The van der Waals surface area contributed by atoms with Crippen LogP contribution >= 0.6 is 0 Å². The lowest BCUT2D eigenvalue weighted by atomic mass is 9.63. The molecule has 1 aromatic carbocycles. The minimum absolute atomic E-state index is 0.162. The van der Waals surface area contributed by atoms with Crippen LogP contribution in [0.3, 0.4) is 0 Å². The molecule has 5 fully saturated rings.